The summed E-state index contributed by atoms with van der Waals surface area (Å²) in [6.45, 7) is 9.36. The Balaban J connectivity index is 2.17. The molecule has 2 rings (SSSR count). The summed E-state index contributed by atoms with van der Waals surface area (Å²) < 4.78 is 5.51. The Morgan fingerprint density at radius 3 is 2.48 bits per heavy atom. The van der Waals surface area contributed by atoms with Gasteiger partial charge in [-0.3, -0.25) is 9.59 Å². The first kappa shape index (κ1) is 18.5. The average Bonchev–Trinajstić information content (AvgIpc) is 2.52. The van der Waals surface area contributed by atoms with Crippen LogP contribution in [0.1, 0.15) is 45.5 Å². The maximum atomic E-state index is 12.2. The maximum Gasteiger partial charge on any atom is 0.311 e. The van der Waals surface area contributed by atoms with Gasteiger partial charge < -0.3 is 9.72 Å². The number of hydrogen-bond acceptors (Lipinski definition) is 4. The third-order valence-electron chi connectivity index (χ3n) is 4.49. The largest absolute Gasteiger partial charge is 0.426 e. The van der Waals surface area contributed by atoms with Crippen LogP contribution in [0.5, 0.6) is 5.75 Å². The van der Waals surface area contributed by atoms with Crippen LogP contribution in [-0.2, 0) is 11.2 Å². The first-order valence-electron chi connectivity index (χ1n) is 8.15. The molecule has 0 atom stereocenters. The van der Waals surface area contributed by atoms with Gasteiger partial charge in [-0.05, 0) is 74.9 Å². The molecule has 0 fully saturated rings. The number of nitrogens with one attached hydrogen (secondary N) is 1. The molecule has 0 aliphatic carbocycles. The summed E-state index contributed by atoms with van der Waals surface area (Å²) in [6, 6.07) is 5.82. The molecular formula is C20H22N2O3. The predicted octanol–water partition coefficient (Wildman–Crippen LogP) is 3.33. The monoisotopic (exact) mass is 338 g/mol. The summed E-state index contributed by atoms with van der Waals surface area (Å²) in [6.07, 6.45) is 0.580. The highest BCUT2D eigenvalue weighted by atomic mass is 16.5. The van der Waals surface area contributed by atoms with Crippen molar-refractivity contribution in [2.45, 2.75) is 47.5 Å². The van der Waals surface area contributed by atoms with E-state index in [9.17, 15) is 9.59 Å². The van der Waals surface area contributed by atoms with Gasteiger partial charge in [-0.2, -0.15) is 5.26 Å². The predicted molar refractivity (Wildman–Crippen MR) is 95.9 cm³/mol. The molecule has 5 heteroatoms. The van der Waals surface area contributed by atoms with Crippen molar-refractivity contribution in [2.24, 2.45) is 0 Å². The number of nitriles is 1. The van der Waals surface area contributed by atoms with E-state index in [0.717, 1.165) is 22.3 Å². The zero-order chi connectivity index (χ0) is 18.7. The first-order valence-corrected chi connectivity index (χ1v) is 8.15. The van der Waals surface area contributed by atoms with Crippen LogP contribution in [0.4, 0.5) is 0 Å². The minimum atomic E-state index is -0.394. The molecule has 5 nitrogen and oxygen atoms in total. The van der Waals surface area contributed by atoms with E-state index in [1.807, 2.05) is 39.0 Å². The van der Waals surface area contributed by atoms with Gasteiger partial charge in [0.15, 0.2) is 0 Å². The van der Waals surface area contributed by atoms with E-state index in [1.165, 1.54) is 0 Å². The molecule has 2 aromatic rings. The molecule has 0 radical (unpaired) electrons. The van der Waals surface area contributed by atoms with Gasteiger partial charge in [0, 0.05) is 5.69 Å². The summed E-state index contributed by atoms with van der Waals surface area (Å²) in [5.41, 5.74) is 4.88. The molecule has 0 unspecified atom stereocenters. The van der Waals surface area contributed by atoms with Crippen molar-refractivity contribution in [3.05, 3.63) is 61.6 Å². The first-order chi connectivity index (χ1) is 11.7. The Kier molecular flexibility index (Phi) is 5.43. The smallest absolute Gasteiger partial charge is 0.311 e. The van der Waals surface area contributed by atoms with Crippen molar-refractivity contribution in [1.82, 2.24) is 4.98 Å². The van der Waals surface area contributed by atoms with Crippen molar-refractivity contribution in [3.63, 3.8) is 0 Å². The zero-order valence-corrected chi connectivity index (χ0v) is 15.2. The van der Waals surface area contributed by atoms with E-state index in [2.05, 4.69) is 4.98 Å². The second kappa shape index (κ2) is 7.35. The van der Waals surface area contributed by atoms with E-state index in [4.69, 9.17) is 10.00 Å². The van der Waals surface area contributed by atoms with Crippen LogP contribution in [0.15, 0.2) is 16.9 Å². The number of aryl methyl sites for hydroxylation is 3. The summed E-state index contributed by atoms with van der Waals surface area (Å²) in [4.78, 5) is 26.7. The topological polar surface area (TPSA) is 83.0 Å². The highest BCUT2D eigenvalue weighted by Crippen LogP contribution is 2.24. The molecule has 0 aliphatic rings. The van der Waals surface area contributed by atoms with E-state index in [1.54, 1.807) is 13.8 Å². The fourth-order valence-electron chi connectivity index (χ4n) is 2.93. The molecule has 0 aliphatic heterocycles. The van der Waals surface area contributed by atoms with Crippen molar-refractivity contribution in [1.29, 1.82) is 5.26 Å². The highest BCUT2D eigenvalue weighted by Gasteiger charge is 2.15. The van der Waals surface area contributed by atoms with Crippen molar-refractivity contribution in [2.75, 3.05) is 0 Å². The second-order valence-electron chi connectivity index (χ2n) is 6.35. The van der Waals surface area contributed by atoms with E-state index in [0.29, 0.717) is 23.4 Å². The van der Waals surface area contributed by atoms with E-state index in [-0.39, 0.29) is 18.0 Å². The lowest BCUT2D eigenvalue weighted by molar-refractivity contribution is -0.134. The summed E-state index contributed by atoms with van der Waals surface area (Å²) in [5.74, 6) is 0.242. The van der Waals surface area contributed by atoms with E-state index >= 15 is 0 Å². The highest BCUT2D eigenvalue weighted by molar-refractivity contribution is 5.73. The van der Waals surface area contributed by atoms with Gasteiger partial charge in [-0.1, -0.05) is 6.07 Å². The molecule has 1 heterocycles. The van der Waals surface area contributed by atoms with Crippen LogP contribution in [0.25, 0.3) is 0 Å². The third-order valence-corrected chi connectivity index (χ3v) is 4.49. The van der Waals surface area contributed by atoms with Gasteiger partial charge >= 0.3 is 5.97 Å². The molecule has 0 saturated carbocycles. The minimum absolute atomic E-state index is 0.0964. The zero-order valence-electron chi connectivity index (χ0n) is 15.2. The summed E-state index contributed by atoms with van der Waals surface area (Å²) >= 11 is 0. The lowest BCUT2D eigenvalue weighted by Gasteiger charge is -2.12. The van der Waals surface area contributed by atoms with E-state index < -0.39 is 5.56 Å². The Morgan fingerprint density at radius 2 is 1.84 bits per heavy atom. The van der Waals surface area contributed by atoms with Crippen LogP contribution >= 0.6 is 0 Å². The molecule has 25 heavy (non-hydrogen) atoms. The number of esters is 1. The lowest BCUT2D eigenvalue weighted by atomic mass is 9.99. The molecule has 130 valence electrons. The fraction of sp³-hybridized carbons (Fsp3) is 0.350. The average molecular weight is 338 g/mol. The Hall–Kier alpha value is -2.87. The van der Waals surface area contributed by atoms with Gasteiger partial charge in [0.1, 0.15) is 17.4 Å². The van der Waals surface area contributed by atoms with Gasteiger partial charge in [0.25, 0.3) is 5.56 Å². The molecule has 1 aromatic heterocycles. The number of pyridine rings is 1. The summed E-state index contributed by atoms with van der Waals surface area (Å²) in [5, 5.41) is 9.11. The second-order valence-corrected chi connectivity index (χ2v) is 6.35. The number of benzene rings is 1. The third kappa shape index (κ3) is 3.97. The molecule has 0 spiro atoms. The van der Waals surface area contributed by atoms with Crippen LogP contribution in [0.3, 0.4) is 0 Å². The number of hydrogen-bond donors (Lipinski definition) is 1. The van der Waals surface area contributed by atoms with Crippen LogP contribution < -0.4 is 10.3 Å². The number of carbonyl (C=O) groups is 1. The number of aromatic amines is 1. The number of aromatic nitrogens is 1. The minimum Gasteiger partial charge on any atom is -0.426 e. The summed E-state index contributed by atoms with van der Waals surface area (Å²) in [7, 11) is 0. The molecular weight excluding hydrogens is 316 g/mol. The number of nitrogens with zero attached hydrogens (tertiary/aromatic N) is 1. The van der Waals surface area contributed by atoms with Crippen molar-refractivity contribution in [3.8, 4) is 11.8 Å². The van der Waals surface area contributed by atoms with Crippen LogP contribution in [-0.4, -0.2) is 11.0 Å². The van der Waals surface area contributed by atoms with Gasteiger partial charge in [0.05, 0.1) is 6.42 Å². The number of ether oxygens (including phenoxy) is 1. The number of rotatable bonds is 4. The number of H-pyrrole nitrogens is 1. The van der Waals surface area contributed by atoms with Crippen LogP contribution in [0, 0.1) is 45.9 Å². The molecule has 0 saturated heterocycles. The SMILES string of the molecule is Cc1cc(C)c(C)c(OC(=O)CCc2c(C)[nH]c(=O)c(C#N)c2C)c1. The molecule has 0 amide bonds. The van der Waals surface area contributed by atoms with Crippen molar-refractivity contribution >= 4 is 5.97 Å². The van der Waals surface area contributed by atoms with Crippen molar-refractivity contribution < 1.29 is 9.53 Å². The van der Waals surface area contributed by atoms with Crippen LogP contribution in [0.2, 0.25) is 0 Å². The Morgan fingerprint density at radius 1 is 1.16 bits per heavy atom. The maximum absolute atomic E-state index is 12.2. The standard InChI is InChI=1S/C20H22N2O3/c1-11-8-12(2)13(3)18(9-11)25-19(23)7-6-16-14(4)17(10-21)20(24)22-15(16)5/h8-9H,6-7H2,1-5H3,(H,22,24). The van der Waals surface area contributed by atoms with Gasteiger partial charge in [-0.15, -0.1) is 0 Å². The Labute approximate surface area is 147 Å². The molecule has 1 aromatic carbocycles. The quantitative estimate of drug-likeness (QED) is 0.685. The van der Waals surface area contributed by atoms with Gasteiger partial charge in [-0.25, -0.2) is 0 Å². The Bertz CT molecular complexity index is 933. The molecule has 1 N–H and O–H groups in total. The normalized spacial score (nSPS) is 10.4. The van der Waals surface area contributed by atoms with Gasteiger partial charge in [0.2, 0.25) is 0 Å². The fourth-order valence-corrected chi connectivity index (χ4v) is 2.93. The lowest BCUT2D eigenvalue weighted by Crippen LogP contribution is -2.18. The molecule has 0 bridgehead atoms. The number of carbonyl (C=O) groups excluding carboxylic acids is 1.